The summed E-state index contributed by atoms with van der Waals surface area (Å²) >= 11 is 9.19. The second kappa shape index (κ2) is 6.53. The Hall–Kier alpha value is -0.160. The number of rotatable bonds is 4. The number of thiophene rings is 1. The molecule has 1 unspecified atom stereocenters. The van der Waals surface area contributed by atoms with Crippen molar-refractivity contribution in [3.63, 3.8) is 0 Å². The fourth-order valence-corrected chi connectivity index (χ4v) is 4.20. The molecule has 0 fully saturated rings. The van der Waals surface area contributed by atoms with Crippen molar-refractivity contribution in [2.45, 2.75) is 26.3 Å². The van der Waals surface area contributed by atoms with Crippen molar-refractivity contribution < 1.29 is 0 Å². The fourth-order valence-electron chi connectivity index (χ4n) is 2.07. The van der Waals surface area contributed by atoms with Crippen LogP contribution in [-0.4, -0.2) is 7.05 Å². The fraction of sp³-hybridized carbons (Fsp3) is 0.333. The summed E-state index contributed by atoms with van der Waals surface area (Å²) in [6.07, 6.45) is 1.10. The third-order valence-electron chi connectivity index (χ3n) is 3.19. The van der Waals surface area contributed by atoms with Crippen LogP contribution in [0.25, 0.3) is 0 Å². The molecular formula is C15H17Br2NS. The minimum absolute atomic E-state index is 0.233. The van der Waals surface area contributed by atoms with Crippen LogP contribution >= 0.6 is 43.2 Å². The van der Waals surface area contributed by atoms with Crippen molar-refractivity contribution in [1.82, 2.24) is 5.32 Å². The van der Waals surface area contributed by atoms with Crippen molar-refractivity contribution in [3.8, 4) is 0 Å². The van der Waals surface area contributed by atoms with E-state index in [1.54, 1.807) is 0 Å². The van der Waals surface area contributed by atoms with E-state index in [1.807, 2.05) is 18.4 Å². The molecule has 0 radical (unpaired) electrons. The first-order valence-electron chi connectivity index (χ1n) is 6.28. The molecule has 1 aromatic heterocycles. The molecule has 0 saturated heterocycles. The third kappa shape index (κ3) is 3.30. The average molecular weight is 403 g/mol. The maximum Gasteiger partial charge on any atom is 0.0680 e. The molecule has 19 heavy (non-hydrogen) atoms. The third-order valence-corrected chi connectivity index (χ3v) is 6.03. The first-order chi connectivity index (χ1) is 9.06. The van der Waals surface area contributed by atoms with Gasteiger partial charge in [-0.15, -0.1) is 11.3 Å². The summed E-state index contributed by atoms with van der Waals surface area (Å²) in [5.41, 5.74) is 2.51. The molecule has 0 bridgehead atoms. The molecule has 1 heterocycles. The standard InChI is InChI=1S/C15H17Br2NS/c1-4-10-5-6-14(19-10)15(18-3)11-8-12(16)9(2)7-13(11)17/h5-8,15,18H,4H2,1-3H3. The van der Waals surface area contributed by atoms with Gasteiger partial charge in [-0.05, 0) is 55.8 Å². The van der Waals surface area contributed by atoms with E-state index in [9.17, 15) is 0 Å². The van der Waals surface area contributed by atoms with E-state index in [4.69, 9.17) is 0 Å². The number of nitrogens with one attached hydrogen (secondary N) is 1. The lowest BCUT2D eigenvalue weighted by molar-refractivity contribution is 0.700. The molecule has 1 aromatic carbocycles. The van der Waals surface area contributed by atoms with Gasteiger partial charge < -0.3 is 5.32 Å². The molecule has 1 atom stereocenters. The highest BCUT2D eigenvalue weighted by Crippen LogP contribution is 2.35. The number of aryl methyl sites for hydroxylation is 2. The monoisotopic (exact) mass is 401 g/mol. The van der Waals surface area contributed by atoms with Crippen LogP contribution in [0.5, 0.6) is 0 Å². The summed E-state index contributed by atoms with van der Waals surface area (Å²) in [5.74, 6) is 0. The predicted octanol–water partition coefficient (Wildman–Crippen LogP) is 5.45. The van der Waals surface area contributed by atoms with E-state index in [1.165, 1.54) is 20.9 Å². The van der Waals surface area contributed by atoms with Gasteiger partial charge in [-0.2, -0.15) is 0 Å². The first-order valence-corrected chi connectivity index (χ1v) is 8.68. The summed E-state index contributed by atoms with van der Waals surface area (Å²) in [6, 6.07) is 9.05. The SMILES string of the molecule is CCc1ccc(C(NC)c2cc(Br)c(C)cc2Br)s1. The Morgan fingerprint density at radius 3 is 2.53 bits per heavy atom. The molecule has 0 aliphatic rings. The lowest BCUT2D eigenvalue weighted by Crippen LogP contribution is -2.17. The van der Waals surface area contributed by atoms with Crippen molar-refractivity contribution >= 4 is 43.2 Å². The molecule has 0 saturated carbocycles. The topological polar surface area (TPSA) is 12.0 Å². The summed E-state index contributed by atoms with van der Waals surface area (Å²) in [5, 5.41) is 3.42. The van der Waals surface area contributed by atoms with Crippen LogP contribution in [-0.2, 0) is 6.42 Å². The Kier molecular flexibility index (Phi) is 5.23. The van der Waals surface area contributed by atoms with Gasteiger partial charge in [-0.25, -0.2) is 0 Å². The van der Waals surface area contributed by atoms with Gasteiger partial charge in [0.1, 0.15) is 0 Å². The number of hydrogen-bond acceptors (Lipinski definition) is 2. The summed E-state index contributed by atoms with van der Waals surface area (Å²) in [4.78, 5) is 2.79. The molecule has 4 heteroatoms. The molecule has 0 aliphatic heterocycles. The summed E-state index contributed by atoms with van der Waals surface area (Å²) in [6.45, 7) is 4.30. The summed E-state index contributed by atoms with van der Waals surface area (Å²) < 4.78 is 2.30. The molecule has 1 N–H and O–H groups in total. The van der Waals surface area contributed by atoms with E-state index in [-0.39, 0.29) is 6.04 Å². The van der Waals surface area contributed by atoms with Crippen molar-refractivity contribution in [3.05, 3.63) is 54.1 Å². The molecule has 2 rings (SSSR count). The summed E-state index contributed by atoms with van der Waals surface area (Å²) in [7, 11) is 2.01. The zero-order valence-electron chi connectivity index (χ0n) is 11.3. The van der Waals surface area contributed by atoms with E-state index in [0.717, 1.165) is 15.4 Å². The van der Waals surface area contributed by atoms with Gasteiger partial charge in [0.25, 0.3) is 0 Å². The first kappa shape index (κ1) is 15.2. The molecule has 102 valence electrons. The smallest absolute Gasteiger partial charge is 0.0680 e. The molecule has 2 aromatic rings. The lowest BCUT2D eigenvalue weighted by atomic mass is 10.0. The minimum atomic E-state index is 0.233. The predicted molar refractivity (Wildman–Crippen MR) is 91.2 cm³/mol. The normalized spacial score (nSPS) is 12.7. The second-order valence-corrected chi connectivity index (χ2v) is 7.41. The van der Waals surface area contributed by atoms with Crippen LogP contribution in [0.4, 0.5) is 0 Å². The largest absolute Gasteiger partial charge is 0.309 e. The van der Waals surface area contributed by atoms with E-state index >= 15 is 0 Å². The zero-order valence-corrected chi connectivity index (χ0v) is 15.2. The van der Waals surface area contributed by atoms with Crippen LogP contribution in [0.1, 0.15) is 33.8 Å². The Morgan fingerprint density at radius 2 is 1.95 bits per heavy atom. The Labute approximate surface area is 135 Å². The van der Waals surface area contributed by atoms with Gasteiger partial charge in [0.2, 0.25) is 0 Å². The second-order valence-electron chi connectivity index (χ2n) is 4.50. The van der Waals surface area contributed by atoms with Gasteiger partial charge in [-0.1, -0.05) is 38.8 Å². The van der Waals surface area contributed by atoms with Crippen LogP contribution in [0, 0.1) is 6.92 Å². The van der Waals surface area contributed by atoms with Crippen LogP contribution in [0.15, 0.2) is 33.2 Å². The lowest BCUT2D eigenvalue weighted by Gasteiger charge is -2.18. The Balaban J connectivity index is 2.44. The van der Waals surface area contributed by atoms with Gasteiger partial charge >= 0.3 is 0 Å². The molecule has 0 amide bonds. The van der Waals surface area contributed by atoms with Gasteiger partial charge in [-0.3, -0.25) is 0 Å². The van der Waals surface area contributed by atoms with E-state index < -0.39 is 0 Å². The van der Waals surface area contributed by atoms with Crippen LogP contribution in [0.2, 0.25) is 0 Å². The number of hydrogen-bond donors (Lipinski definition) is 1. The van der Waals surface area contributed by atoms with Crippen molar-refractivity contribution in [1.29, 1.82) is 0 Å². The maximum absolute atomic E-state index is 3.69. The highest BCUT2D eigenvalue weighted by Gasteiger charge is 2.18. The Bertz CT molecular complexity index is 578. The molecular weight excluding hydrogens is 386 g/mol. The number of halogens is 2. The van der Waals surface area contributed by atoms with E-state index in [0.29, 0.717) is 0 Å². The molecule has 0 aliphatic carbocycles. The van der Waals surface area contributed by atoms with Crippen LogP contribution in [0.3, 0.4) is 0 Å². The Morgan fingerprint density at radius 1 is 1.21 bits per heavy atom. The molecule has 1 nitrogen and oxygen atoms in total. The van der Waals surface area contributed by atoms with Gasteiger partial charge in [0.05, 0.1) is 6.04 Å². The quantitative estimate of drug-likeness (QED) is 0.716. The van der Waals surface area contributed by atoms with Crippen LogP contribution < -0.4 is 5.32 Å². The molecule has 0 spiro atoms. The minimum Gasteiger partial charge on any atom is -0.309 e. The zero-order chi connectivity index (χ0) is 14.0. The van der Waals surface area contributed by atoms with Crippen molar-refractivity contribution in [2.75, 3.05) is 7.05 Å². The number of benzene rings is 1. The van der Waals surface area contributed by atoms with Gasteiger partial charge in [0.15, 0.2) is 0 Å². The van der Waals surface area contributed by atoms with Crippen molar-refractivity contribution in [2.24, 2.45) is 0 Å². The maximum atomic E-state index is 3.69. The average Bonchev–Trinajstić information content (AvgIpc) is 2.85. The highest BCUT2D eigenvalue weighted by molar-refractivity contribution is 9.11. The van der Waals surface area contributed by atoms with Gasteiger partial charge in [0, 0.05) is 18.7 Å². The van der Waals surface area contributed by atoms with E-state index in [2.05, 4.69) is 75.3 Å². The highest BCUT2D eigenvalue weighted by atomic mass is 79.9.